The molecule has 2 saturated heterocycles. The number of carbonyl (C=O) groups is 2. The first kappa shape index (κ1) is 23.0. The first-order valence-electron chi connectivity index (χ1n) is 10.1. The Hall–Kier alpha value is -2.70. The summed E-state index contributed by atoms with van der Waals surface area (Å²) in [7, 11) is -3.86. The van der Waals surface area contributed by atoms with Gasteiger partial charge in [-0.1, -0.05) is 18.2 Å². The Balaban J connectivity index is 1.59. The van der Waals surface area contributed by atoms with Crippen molar-refractivity contribution in [1.82, 2.24) is 19.8 Å². The van der Waals surface area contributed by atoms with Crippen LogP contribution in [0.15, 0.2) is 35.2 Å². The van der Waals surface area contributed by atoms with Crippen molar-refractivity contribution < 1.29 is 23.1 Å². The van der Waals surface area contributed by atoms with E-state index in [1.807, 2.05) is 0 Å². The number of sulfonamides is 1. The van der Waals surface area contributed by atoms with Crippen LogP contribution in [0.3, 0.4) is 0 Å². The van der Waals surface area contributed by atoms with Gasteiger partial charge in [-0.25, -0.2) is 8.42 Å². The molecule has 1 unspecified atom stereocenters. The van der Waals surface area contributed by atoms with Crippen molar-refractivity contribution >= 4 is 27.8 Å². The zero-order chi connectivity index (χ0) is 22.6. The quantitative estimate of drug-likeness (QED) is 0.265. The van der Waals surface area contributed by atoms with Gasteiger partial charge < -0.3 is 26.0 Å². The first-order chi connectivity index (χ1) is 14.7. The number of piperidine rings is 2. The molecule has 2 amide bonds. The van der Waals surface area contributed by atoms with Crippen LogP contribution in [0.5, 0.6) is 0 Å². The lowest BCUT2D eigenvalue weighted by atomic mass is 10.0. The summed E-state index contributed by atoms with van der Waals surface area (Å²) in [6, 6.07) is 6.23. The molecule has 2 aliphatic rings. The van der Waals surface area contributed by atoms with Crippen LogP contribution < -0.4 is 15.8 Å². The van der Waals surface area contributed by atoms with Gasteiger partial charge in [-0.05, 0) is 37.8 Å². The molecule has 3 rings (SSSR count). The molecule has 11 nitrogen and oxygen atoms in total. The number of guanidine groups is 1. The van der Waals surface area contributed by atoms with Crippen LogP contribution in [0.25, 0.3) is 0 Å². The highest BCUT2D eigenvalue weighted by Gasteiger charge is 2.35. The summed E-state index contributed by atoms with van der Waals surface area (Å²) in [6.45, 7) is 0.519. The third kappa shape index (κ3) is 5.51. The molecule has 2 aliphatic heterocycles. The number of nitrogens with two attached hydrogens (primary N) is 1. The average Bonchev–Trinajstić information content (AvgIpc) is 2.73. The highest BCUT2D eigenvalue weighted by Crippen LogP contribution is 2.17. The van der Waals surface area contributed by atoms with Crippen LogP contribution in [-0.2, 0) is 19.6 Å². The summed E-state index contributed by atoms with van der Waals surface area (Å²) in [5, 5.41) is 20.5. The van der Waals surface area contributed by atoms with Gasteiger partial charge in [0, 0.05) is 13.1 Å². The van der Waals surface area contributed by atoms with Crippen molar-refractivity contribution in [3.63, 3.8) is 0 Å². The average molecular weight is 453 g/mol. The van der Waals surface area contributed by atoms with Crippen LogP contribution in [0.2, 0.25) is 0 Å². The standard InChI is InChI=1S/C19H28N6O5S/c20-19(21)25-11-5-8-14(18(25)28)22-16(26)12-24-10-4-9-15(17(24)27)23-31(29,30)13-6-2-1-3-7-13/h1-3,6-7,14-15,18,23,28H,4-5,8-12H2,(H3,20,21)(H,22,26)/t14-,15-,18?/m0/s1. The number of aliphatic hydroxyl groups is 1. The van der Waals surface area contributed by atoms with Gasteiger partial charge >= 0.3 is 0 Å². The first-order valence-corrected chi connectivity index (χ1v) is 11.6. The Labute approximate surface area is 181 Å². The van der Waals surface area contributed by atoms with Crippen LogP contribution in [0.4, 0.5) is 0 Å². The van der Waals surface area contributed by atoms with Crippen molar-refractivity contribution in [2.24, 2.45) is 5.73 Å². The molecule has 1 aromatic carbocycles. The maximum Gasteiger partial charge on any atom is 0.241 e. The Bertz CT molecular complexity index is 925. The minimum Gasteiger partial charge on any atom is -0.371 e. The minimum absolute atomic E-state index is 0.0685. The van der Waals surface area contributed by atoms with Gasteiger partial charge in [0.05, 0.1) is 17.5 Å². The molecule has 0 aliphatic carbocycles. The Morgan fingerprint density at radius 2 is 1.87 bits per heavy atom. The number of amides is 2. The maximum absolute atomic E-state index is 12.8. The monoisotopic (exact) mass is 452 g/mol. The van der Waals surface area contributed by atoms with Crippen LogP contribution >= 0.6 is 0 Å². The fourth-order valence-corrected chi connectivity index (χ4v) is 5.12. The molecule has 0 spiro atoms. The largest absolute Gasteiger partial charge is 0.371 e. The summed E-state index contributed by atoms with van der Waals surface area (Å²) < 4.78 is 27.5. The second-order valence-corrected chi connectivity index (χ2v) is 9.41. The number of likely N-dealkylation sites (tertiary alicyclic amines) is 2. The summed E-state index contributed by atoms with van der Waals surface area (Å²) in [6.07, 6.45) is 0.943. The third-order valence-electron chi connectivity index (χ3n) is 5.47. The third-order valence-corrected chi connectivity index (χ3v) is 6.95. The smallest absolute Gasteiger partial charge is 0.241 e. The van der Waals surface area contributed by atoms with Crippen molar-refractivity contribution in [3.05, 3.63) is 30.3 Å². The van der Waals surface area contributed by atoms with Gasteiger partial charge in [-0.3, -0.25) is 15.0 Å². The normalized spacial score (nSPS) is 24.7. The SMILES string of the molecule is N=C(N)N1CCC[C@H](NC(=O)CN2CCC[C@H](NS(=O)(=O)c3ccccc3)C2=O)C1O. The predicted molar refractivity (Wildman–Crippen MR) is 112 cm³/mol. The number of nitrogens with one attached hydrogen (secondary N) is 3. The van der Waals surface area contributed by atoms with E-state index in [1.165, 1.54) is 21.9 Å². The Kier molecular flexibility index (Phi) is 7.13. The molecule has 0 radical (unpaired) electrons. The van der Waals surface area contributed by atoms with Crippen LogP contribution in [0, 0.1) is 5.41 Å². The fourth-order valence-electron chi connectivity index (χ4n) is 3.88. The van der Waals surface area contributed by atoms with Gasteiger partial charge in [0.25, 0.3) is 0 Å². The number of hydrogen-bond acceptors (Lipinski definition) is 6. The van der Waals surface area contributed by atoms with Crippen LogP contribution in [0.1, 0.15) is 25.7 Å². The molecule has 2 heterocycles. The minimum atomic E-state index is -3.86. The number of rotatable bonds is 6. The van der Waals surface area contributed by atoms with E-state index < -0.39 is 40.1 Å². The van der Waals surface area contributed by atoms with Crippen molar-refractivity contribution in [1.29, 1.82) is 5.41 Å². The highest BCUT2D eigenvalue weighted by molar-refractivity contribution is 7.89. The molecule has 12 heteroatoms. The van der Waals surface area contributed by atoms with E-state index in [2.05, 4.69) is 10.0 Å². The van der Waals surface area contributed by atoms with E-state index in [0.29, 0.717) is 38.8 Å². The number of benzene rings is 1. The van der Waals surface area contributed by atoms with E-state index in [-0.39, 0.29) is 17.4 Å². The topological polar surface area (TPSA) is 169 Å². The second kappa shape index (κ2) is 9.62. The van der Waals surface area contributed by atoms with Crippen LogP contribution in [-0.4, -0.2) is 79.0 Å². The van der Waals surface area contributed by atoms with Gasteiger partial charge in [-0.15, -0.1) is 0 Å². The highest BCUT2D eigenvalue weighted by atomic mass is 32.2. The molecule has 0 saturated carbocycles. The maximum atomic E-state index is 12.8. The van der Waals surface area contributed by atoms with Gasteiger partial charge in [0.2, 0.25) is 21.8 Å². The molecule has 170 valence electrons. The van der Waals surface area contributed by atoms with E-state index in [9.17, 15) is 23.1 Å². The predicted octanol–water partition coefficient (Wildman–Crippen LogP) is -1.25. The summed E-state index contributed by atoms with van der Waals surface area (Å²) in [4.78, 5) is 28.0. The molecular weight excluding hydrogens is 424 g/mol. The Morgan fingerprint density at radius 3 is 2.55 bits per heavy atom. The van der Waals surface area contributed by atoms with Crippen molar-refractivity contribution in [3.8, 4) is 0 Å². The molecule has 1 aromatic rings. The molecule has 6 N–H and O–H groups in total. The van der Waals surface area contributed by atoms with Gasteiger partial charge in [-0.2, -0.15) is 4.72 Å². The number of carbonyl (C=O) groups excluding carboxylic acids is 2. The summed E-state index contributed by atoms with van der Waals surface area (Å²) in [5.41, 5.74) is 5.45. The zero-order valence-electron chi connectivity index (χ0n) is 17.0. The fraction of sp³-hybridized carbons (Fsp3) is 0.526. The van der Waals surface area contributed by atoms with Crippen molar-refractivity contribution in [2.45, 2.75) is 48.9 Å². The van der Waals surface area contributed by atoms with Gasteiger partial charge in [0.1, 0.15) is 12.3 Å². The van der Waals surface area contributed by atoms with Crippen molar-refractivity contribution in [2.75, 3.05) is 19.6 Å². The van der Waals surface area contributed by atoms with E-state index in [1.54, 1.807) is 18.2 Å². The molecular formula is C19H28N6O5S. The lowest BCUT2D eigenvalue weighted by Gasteiger charge is -2.39. The molecule has 3 atom stereocenters. The second-order valence-electron chi connectivity index (χ2n) is 7.70. The molecule has 0 aromatic heterocycles. The summed E-state index contributed by atoms with van der Waals surface area (Å²) >= 11 is 0. The number of hydrogen-bond donors (Lipinski definition) is 5. The Morgan fingerprint density at radius 1 is 1.19 bits per heavy atom. The molecule has 31 heavy (non-hydrogen) atoms. The lowest BCUT2D eigenvalue weighted by molar-refractivity contribution is -0.140. The lowest BCUT2D eigenvalue weighted by Crippen LogP contribution is -2.60. The molecule has 0 bridgehead atoms. The number of nitrogens with zero attached hydrogens (tertiary/aromatic N) is 2. The van der Waals surface area contributed by atoms with Gasteiger partial charge in [0.15, 0.2) is 5.96 Å². The zero-order valence-corrected chi connectivity index (χ0v) is 17.8. The van der Waals surface area contributed by atoms with E-state index in [4.69, 9.17) is 11.1 Å². The van der Waals surface area contributed by atoms with E-state index in [0.717, 1.165) is 0 Å². The molecule has 2 fully saturated rings. The number of aliphatic hydroxyl groups excluding tert-OH is 1. The van der Waals surface area contributed by atoms with E-state index >= 15 is 0 Å². The summed E-state index contributed by atoms with van der Waals surface area (Å²) in [5.74, 6) is -1.20.